The van der Waals surface area contributed by atoms with Gasteiger partial charge in [0.2, 0.25) is 7.28 Å². The van der Waals surface area contributed by atoms with Crippen LogP contribution in [0.5, 0.6) is 0 Å². The Labute approximate surface area is 286 Å². The van der Waals surface area contributed by atoms with Crippen molar-refractivity contribution in [2.24, 2.45) is 0 Å². The Kier molecular flexibility index (Phi) is 13.9. The zero-order valence-corrected chi connectivity index (χ0v) is 28.1. The molecule has 241 valence electrons. The summed E-state index contributed by atoms with van der Waals surface area (Å²) in [6.07, 6.45) is 12.6. The molecule has 13 heteroatoms. The summed E-state index contributed by atoms with van der Waals surface area (Å²) in [6.45, 7) is 4.66. The molecule has 0 aromatic heterocycles. The van der Waals surface area contributed by atoms with Crippen LogP contribution in [0.4, 0.5) is 43.9 Å². The first kappa shape index (κ1) is 38.5. The Hall–Kier alpha value is -2.96. The first-order valence-corrected chi connectivity index (χ1v) is 15.7. The van der Waals surface area contributed by atoms with Gasteiger partial charge >= 0.3 is 26.2 Å². The molecule has 47 heavy (non-hydrogen) atoms. The molecule has 0 bridgehead atoms. The Morgan fingerprint density at radius 3 is 1.55 bits per heavy atom. The standard InChI is InChI=1S/C17H18P.C12BF10.C5H5.Zr/c1-3-18(4-2)17-15-11-7-5-9-13(15)14-10-6-8-12-16(14)17;14-3-1(4(15)8(19)11(22)7(3)18)13-2-5(16)9(20)12(23)10(21)6(2)17;1-2-4-5-3-1;/h5-11,17H,3-4H2,1-2H3;;1-3H,4H2;/q-1;;-1;+2. The van der Waals surface area contributed by atoms with Gasteiger partial charge in [0.05, 0.1) is 0 Å². The Morgan fingerprint density at radius 1 is 0.660 bits per heavy atom. The average molecular weight is 755 g/mol. The molecule has 0 amide bonds. The predicted octanol–water partition coefficient (Wildman–Crippen LogP) is 9.11. The van der Waals surface area contributed by atoms with Crippen molar-refractivity contribution >= 4 is 26.1 Å². The van der Waals surface area contributed by atoms with Gasteiger partial charge in [-0.2, -0.15) is 30.3 Å². The first-order chi connectivity index (χ1) is 22.0. The fourth-order valence-electron chi connectivity index (χ4n) is 5.00. The number of allylic oxidation sites excluding steroid dienone is 4. The summed E-state index contributed by atoms with van der Waals surface area (Å²) < 4.78 is 131. The summed E-state index contributed by atoms with van der Waals surface area (Å²) in [5, 5.41) is 0. The van der Waals surface area contributed by atoms with E-state index in [4.69, 9.17) is 0 Å². The first-order valence-electron chi connectivity index (χ1n) is 13.9. The molecule has 0 N–H and O–H groups in total. The molecule has 0 nitrogen and oxygen atoms in total. The van der Waals surface area contributed by atoms with Gasteiger partial charge in [-0.05, 0) is 28.8 Å². The van der Waals surface area contributed by atoms with E-state index in [-0.39, 0.29) is 41.4 Å². The van der Waals surface area contributed by atoms with Gasteiger partial charge in [0.25, 0.3) is 0 Å². The summed E-state index contributed by atoms with van der Waals surface area (Å²) in [7, 11) is -0.330. The van der Waals surface area contributed by atoms with Crippen molar-refractivity contribution < 1.29 is 70.1 Å². The van der Waals surface area contributed by atoms with Crippen molar-refractivity contribution in [1.82, 2.24) is 0 Å². The van der Waals surface area contributed by atoms with Crippen LogP contribution in [-0.2, 0) is 26.2 Å². The molecule has 1 unspecified atom stereocenters. The van der Waals surface area contributed by atoms with Crippen LogP contribution in [0.1, 0.15) is 37.1 Å². The Morgan fingerprint density at radius 2 is 1.13 bits per heavy atom. The van der Waals surface area contributed by atoms with E-state index in [9.17, 15) is 43.9 Å². The van der Waals surface area contributed by atoms with Crippen molar-refractivity contribution in [2.45, 2.75) is 25.9 Å². The SMILES string of the molecule is CCP(CC)C1c2[c-]cccc2-c2ccccc21.Fc1c(F)c(F)c([B]c2c(F)c(F)c(F)c(F)c2F)c(F)c1F.[C-]1=CC=CC1.[Zr+2]. The third-order valence-corrected chi connectivity index (χ3v) is 10.1. The topological polar surface area (TPSA) is 0 Å². The monoisotopic (exact) mass is 753 g/mol. The second kappa shape index (κ2) is 16.9. The second-order valence-electron chi connectivity index (χ2n) is 9.82. The average Bonchev–Trinajstić information content (AvgIpc) is 3.77. The largest absolute Gasteiger partial charge is 2.00 e. The van der Waals surface area contributed by atoms with Crippen LogP contribution in [0, 0.1) is 70.3 Å². The molecule has 4 aromatic rings. The molecule has 1 atom stereocenters. The van der Waals surface area contributed by atoms with E-state index in [0.717, 1.165) is 6.42 Å². The van der Waals surface area contributed by atoms with Crippen LogP contribution in [0.15, 0.2) is 60.7 Å². The minimum atomic E-state index is -2.55. The molecular formula is C34H23BF10PZr. The molecule has 0 fully saturated rings. The predicted molar refractivity (Wildman–Crippen MR) is 160 cm³/mol. The molecule has 0 heterocycles. The van der Waals surface area contributed by atoms with E-state index in [1.807, 2.05) is 12.2 Å². The van der Waals surface area contributed by atoms with Gasteiger partial charge in [0.1, 0.15) is 0 Å². The second-order valence-corrected chi connectivity index (χ2v) is 12.8. The third kappa shape index (κ3) is 7.86. The fraction of sp³-hybridized carbons (Fsp3) is 0.176. The molecular weight excluding hydrogens is 731 g/mol. The molecule has 0 saturated heterocycles. The molecule has 2 aliphatic rings. The smallest absolute Gasteiger partial charge is 0.273 e. The van der Waals surface area contributed by atoms with Crippen molar-refractivity contribution in [3.05, 3.63) is 142 Å². The van der Waals surface area contributed by atoms with Gasteiger partial charge in [-0.1, -0.05) is 51.6 Å². The summed E-state index contributed by atoms with van der Waals surface area (Å²) in [6, 6.07) is 18.8. The number of fused-ring (bicyclic) bond motifs is 3. The van der Waals surface area contributed by atoms with Crippen molar-refractivity contribution in [1.29, 1.82) is 0 Å². The van der Waals surface area contributed by atoms with E-state index in [1.165, 1.54) is 34.6 Å². The van der Waals surface area contributed by atoms with E-state index < -0.39 is 69.1 Å². The molecule has 0 aliphatic heterocycles. The number of hydrogen-bond donors (Lipinski definition) is 0. The van der Waals surface area contributed by atoms with E-state index in [2.05, 4.69) is 74.5 Å². The maximum atomic E-state index is 13.4. The zero-order chi connectivity index (χ0) is 33.7. The van der Waals surface area contributed by atoms with Crippen LogP contribution in [0.2, 0.25) is 0 Å². The Balaban J connectivity index is 0.000000222. The van der Waals surface area contributed by atoms with Crippen LogP contribution in [0.25, 0.3) is 11.1 Å². The zero-order valence-electron chi connectivity index (χ0n) is 24.8. The van der Waals surface area contributed by atoms with E-state index >= 15 is 0 Å². The summed E-state index contributed by atoms with van der Waals surface area (Å²) in [5.41, 5.74) is 2.71. The van der Waals surface area contributed by atoms with Crippen molar-refractivity contribution in [3.8, 4) is 11.1 Å². The van der Waals surface area contributed by atoms with Gasteiger partial charge in [-0.25, -0.2) is 56.1 Å². The van der Waals surface area contributed by atoms with Gasteiger partial charge in [-0.15, -0.1) is 17.5 Å². The number of halogens is 10. The molecule has 0 saturated carbocycles. The number of rotatable bonds is 5. The maximum absolute atomic E-state index is 13.4. The quantitative estimate of drug-likeness (QED) is 0.0477. The van der Waals surface area contributed by atoms with Crippen molar-refractivity contribution in [2.75, 3.05) is 12.3 Å². The molecule has 4 aromatic carbocycles. The fourth-order valence-corrected chi connectivity index (χ4v) is 7.37. The molecule has 1 radical (unpaired) electrons. The molecule has 6 rings (SSSR count). The Bertz CT molecular complexity index is 1630. The van der Waals surface area contributed by atoms with Gasteiger partial charge in [0, 0.05) is 5.66 Å². The molecule has 2 aliphatic carbocycles. The van der Waals surface area contributed by atoms with E-state index in [0.29, 0.717) is 5.66 Å². The van der Waals surface area contributed by atoms with Crippen LogP contribution >= 0.6 is 7.92 Å². The van der Waals surface area contributed by atoms with Crippen LogP contribution in [0.3, 0.4) is 0 Å². The number of benzene rings is 4. The van der Waals surface area contributed by atoms with Crippen molar-refractivity contribution in [3.63, 3.8) is 0 Å². The summed E-state index contributed by atoms with van der Waals surface area (Å²) in [4.78, 5) is 0. The van der Waals surface area contributed by atoms with Gasteiger partial charge < -0.3 is 0 Å². The maximum Gasteiger partial charge on any atom is 2.00 e. The van der Waals surface area contributed by atoms with Gasteiger partial charge in [0.15, 0.2) is 58.2 Å². The minimum absolute atomic E-state index is 0. The van der Waals surface area contributed by atoms with E-state index in [1.54, 1.807) is 0 Å². The summed E-state index contributed by atoms with van der Waals surface area (Å²) in [5.74, 6) is -24.9. The number of hydrogen-bond acceptors (Lipinski definition) is 0. The van der Waals surface area contributed by atoms with Gasteiger partial charge in [-0.3, -0.25) is 6.08 Å². The van der Waals surface area contributed by atoms with Crippen LogP contribution < -0.4 is 10.9 Å². The normalized spacial score (nSPS) is 13.7. The third-order valence-electron chi connectivity index (χ3n) is 7.25. The van der Waals surface area contributed by atoms with Crippen LogP contribution in [-0.4, -0.2) is 19.6 Å². The molecule has 0 spiro atoms. The minimum Gasteiger partial charge on any atom is -0.273 e. The summed E-state index contributed by atoms with van der Waals surface area (Å²) >= 11 is 0.